The fraction of sp³-hybridized carbons (Fsp3) is 0.111. The third-order valence-corrected chi connectivity index (χ3v) is 5.49. The SMILES string of the molecule is COc1cc(/C=C(\C#N)C(=O)Nc2cccc(C)c2)c(Br)c(Br)c1O. The van der Waals surface area contributed by atoms with E-state index in [2.05, 4.69) is 37.2 Å². The van der Waals surface area contributed by atoms with Crippen LogP contribution in [0.1, 0.15) is 11.1 Å². The molecule has 0 aliphatic heterocycles. The molecule has 7 heteroatoms. The number of ether oxygens (including phenoxy) is 1. The second-order valence-electron chi connectivity index (χ2n) is 5.14. The number of rotatable bonds is 4. The Balaban J connectivity index is 2.39. The number of anilines is 1. The Hall–Kier alpha value is -2.30. The maximum absolute atomic E-state index is 12.4. The second-order valence-corrected chi connectivity index (χ2v) is 6.72. The number of phenolic OH excluding ortho intramolecular Hbond substituents is 1. The molecule has 128 valence electrons. The molecule has 0 atom stereocenters. The summed E-state index contributed by atoms with van der Waals surface area (Å²) in [4.78, 5) is 12.4. The smallest absolute Gasteiger partial charge is 0.266 e. The number of benzene rings is 2. The Morgan fingerprint density at radius 2 is 2.04 bits per heavy atom. The van der Waals surface area contributed by atoms with Crippen molar-refractivity contribution in [2.45, 2.75) is 6.92 Å². The lowest BCUT2D eigenvalue weighted by Crippen LogP contribution is -2.13. The molecule has 0 unspecified atom stereocenters. The van der Waals surface area contributed by atoms with Gasteiger partial charge in [-0.25, -0.2) is 0 Å². The molecule has 2 aromatic carbocycles. The Labute approximate surface area is 162 Å². The Kier molecular flexibility index (Phi) is 6.23. The number of nitriles is 1. The number of carbonyl (C=O) groups is 1. The number of aryl methyl sites for hydroxylation is 1. The molecule has 2 rings (SSSR count). The summed E-state index contributed by atoms with van der Waals surface area (Å²) in [5.41, 5.74) is 2.03. The van der Waals surface area contributed by atoms with E-state index < -0.39 is 5.91 Å². The van der Waals surface area contributed by atoms with Crippen molar-refractivity contribution in [3.63, 3.8) is 0 Å². The summed E-state index contributed by atoms with van der Waals surface area (Å²) in [6.07, 6.45) is 1.42. The van der Waals surface area contributed by atoms with Crippen molar-refractivity contribution in [2.24, 2.45) is 0 Å². The van der Waals surface area contributed by atoms with Crippen LogP contribution < -0.4 is 10.1 Å². The Morgan fingerprint density at radius 1 is 1.32 bits per heavy atom. The largest absolute Gasteiger partial charge is 0.503 e. The maximum Gasteiger partial charge on any atom is 0.266 e. The van der Waals surface area contributed by atoms with Crippen molar-refractivity contribution in [3.8, 4) is 17.6 Å². The highest BCUT2D eigenvalue weighted by atomic mass is 79.9. The van der Waals surface area contributed by atoms with Crippen LogP contribution >= 0.6 is 31.9 Å². The third-order valence-electron chi connectivity index (χ3n) is 3.33. The average molecular weight is 466 g/mol. The van der Waals surface area contributed by atoms with Crippen LogP contribution in [0.2, 0.25) is 0 Å². The molecule has 0 aromatic heterocycles. The lowest BCUT2D eigenvalue weighted by Gasteiger charge is -2.10. The van der Waals surface area contributed by atoms with Crippen molar-refractivity contribution in [2.75, 3.05) is 12.4 Å². The molecule has 1 amide bonds. The number of hydrogen-bond donors (Lipinski definition) is 2. The zero-order chi connectivity index (χ0) is 18.6. The first-order chi connectivity index (χ1) is 11.9. The summed E-state index contributed by atoms with van der Waals surface area (Å²) < 4.78 is 5.96. The summed E-state index contributed by atoms with van der Waals surface area (Å²) >= 11 is 6.57. The van der Waals surface area contributed by atoms with Gasteiger partial charge in [0.25, 0.3) is 5.91 Å². The van der Waals surface area contributed by atoms with Gasteiger partial charge < -0.3 is 15.2 Å². The van der Waals surface area contributed by atoms with E-state index in [1.54, 1.807) is 6.07 Å². The van der Waals surface area contributed by atoms with Crippen LogP contribution in [0.5, 0.6) is 11.5 Å². The molecular formula is C18H14Br2N2O3. The number of halogens is 2. The second kappa shape index (κ2) is 8.19. The average Bonchev–Trinajstić information content (AvgIpc) is 2.59. The Bertz CT molecular complexity index is 902. The predicted octanol–water partition coefficient (Wildman–Crippen LogP) is 4.78. The minimum atomic E-state index is -0.525. The number of amides is 1. The molecule has 25 heavy (non-hydrogen) atoms. The van der Waals surface area contributed by atoms with Gasteiger partial charge in [-0.15, -0.1) is 0 Å². The summed E-state index contributed by atoms with van der Waals surface area (Å²) in [5.74, 6) is -0.380. The first kappa shape index (κ1) is 19.0. The lowest BCUT2D eigenvalue weighted by atomic mass is 10.1. The van der Waals surface area contributed by atoms with E-state index in [0.717, 1.165) is 5.56 Å². The molecule has 0 aliphatic rings. The van der Waals surface area contributed by atoms with Crippen LogP contribution in [0, 0.1) is 18.3 Å². The standard InChI is InChI=1S/C18H14Br2N2O3/c1-10-4-3-5-13(6-10)22-18(24)12(9-21)7-11-8-14(25-2)17(23)16(20)15(11)19/h3-8,23H,1-2H3,(H,22,24)/b12-7+. The van der Waals surface area contributed by atoms with E-state index in [-0.39, 0.29) is 17.1 Å². The quantitative estimate of drug-likeness (QED) is 0.502. The van der Waals surface area contributed by atoms with E-state index in [4.69, 9.17) is 4.74 Å². The molecule has 0 saturated carbocycles. The monoisotopic (exact) mass is 464 g/mol. The molecule has 2 aromatic rings. The summed E-state index contributed by atoms with van der Waals surface area (Å²) in [7, 11) is 1.42. The van der Waals surface area contributed by atoms with Crippen molar-refractivity contribution in [1.29, 1.82) is 5.26 Å². The molecule has 0 saturated heterocycles. The van der Waals surface area contributed by atoms with Gasteiger partial charge in [0.15, 0.2) is 11.5 Å². The van der Waals surface area contributed by atoms with Crippen LogP contribution in [0.3, 0.4) is 0 Å². The fourth-order valence-corrected chi connectivity index (χ4v) is 2.94. The van der Waals surface area contributed by atoms with E-state index in [0.29, 0.717) is 20.2 Å². The number of aromatic hydroxyl groups is 1. The molecule has 0 heterocycles. The van der Waals surface area contributed by atoms with Gasteiger partial charge in [0, 0.05) is 10.2 Å². The zero-order valence-corrected chi connectivity index (χ0v) is 16.6. The number of nitrogens with one attached hydrogen (secondary N) is 1. The van der Waals surface area contributed by atoms with Crippen LogP contribution in [-0.2, 0) is 4.79 Å². The molecule has 0 radical (unpaired) electrons. The first-order valence-corrected chi connectivity index (χ1v) is 8.70. The van der Waals surface area contributed by atoms with Crippen molar-refractivity contribution in [1.82, 2.24) is 0 Å². The van der Waals surface area contributed by atoms with E-state index in [1.165, 1.54) is 19.3 Å². The predicted molar refractivity (Wildman–Crippen MR) is 103 cm³/mol. The molecular weight excluding hydrogens is 452 g/mol. The number of phenols is 1. The molecule has 0 aliphatic carbocycles. The van der Waals surface area contributed by atoms with Gasteiger partial charge in [-0.3, -0.25) is 4.79 Å². The number of methoxy groups -OCH3 is 1. The highest BCUT2D eigenvalue weighted by Gasteiger charge is 2.16. The minimum absolute atomic E-state index is 0.0748. The molecule has 0 bridgehead atoms. The molecule has 0 fully saturated rings. The van der Waals surface area contributed by atoms with Gasteiger partial charge in [-0.05, 0) is 74.2 Å². The topological polar surface area (TPSA) is 82.3 Å². The highest BCUT2D eigenvalue weighted by Crippen LogP contribution is 2.42. The highest BCUT2D eigenvalue weighted by molar-refractivity contribution is 9.13. The maximum atomic E-state index is 12.4. The first-order valence-electron chi connectivity index (χ1n) is 7.12. The summed E-state index contributed by atoms with van der Waals surface area (Å²) in [5, 5.41) is 22.0. The Morgan fingerprint density at radius 3 is 2.64 bits per heavy atom. The van der Waals surface area contributed by atoms with Gasteiger partial charge in [0.2, 0.25) is 0 Å². The van der Waals surface area contributed by atoms with E-state index >= 15 is 0 Å². The zero-order valence-electron chi connectivity index (χ0n) is 13.4. The minimum Gasteiger partial charge on any atom is -0.503 e. The van der Waals surface area contributed by atoms with Gasteiger partial charge in [-0.1, -0.05) is 12.1 Å². The summed E-state index contributed by atoms with van der Waals surface area (Å²) in [6.45, 7) is 1.91. The molecule has 2 N–H and O–H groups in total. The third kappa shape index (κ3) is 4.41. The van der Waals surface area contributed by atoms with Gasteiger partial charge in [-0.2, -0.15) is 5.26 Å². The fourth-order valence-electron chi connectivity index (χ4n) is 2.10. The van der Waals surface area contributed by atoms with Gasteiger partial charge in [0.1, 0.15) is 11.6 Å². The number of hydrogen-bond acceptors (Lipinski definition) is 4. The molecule has 5 nitrogen and oxygen atoms in total. The lowest BCUT2D eigenvalue weighted by molar-refractivity contribution is -0.112. The van der Waals surface area contributed by atoms with E-state index in [1.807, 2.05) is 31.2 Å². The van der Waals surface area contributed by atoms with Gasteiger partial charge >= 0.3 is 0 Å². The number of carbonyl (C=O) groups excluding carboxylic acids is 1. The number of nitrogens with zero attached hydrogens (tertiary/aromatic N) is 1. The normalized spacial score (nSPS) is 10.9. The van der Waals surface area contributed by atoms with Crippen molar-refractivity contribution >= 4 is 49.5 Å². The summed E-state index contributed by atoms with van der Waals surface area (Å²) in [6, 6.07) is 10.7. The van der Waals surface area contributed by atoms with E-state index in [9.17, 15) is 15.2 Å². The van der Waals surface area contributed by atoms with Crippen molar-refractivity contribution in [3.05, 3.63) is 56.0 Å². The van der Waals surface area contributed by atoms with Crippen LogP contribution in [0.15, 0.2) is 44.9 Å². The van der Waals surface area contributed by atoms with Crippen LogP contribution in [0.25, 0.3) is 6.08 Å². The molecule has 0 spiro atoms. The van der Waals surface area contributed by atoms with Crippen LogP contribution in [-0.4, -0.2) is 18.1 Å². The van der Waals surface area contributed by atoms with Crippen LogP contribution in [0.4, 0.5) is 5.69 Å². The van der Waals surface area contributed by atoms with Gasteiger partial charge in [0.05, 0.1) is 11.6 Å². The van der Waals surface area contributed by atoms with Crippen molar-refractivity contribution < 1.29 is 14.6 Å².